The highest BCUT2D eigenvalue weighted by atomic mass is 16.5. The molecule has 0 saturated carbocycles. The van der Waals surface area contributed by atoms with Gasteiger partial charge in [0.2, 0.25) is 0 Å². The number of hydrogen-bond acceptors (Lipinski definition) is 4. The number of rotatable bonds is 5. The van der Waals surface area contributed by atoms with E-state index in [2.05, 4.69) is 5.32 Å². The maximum Gasteiger partial charge on any atom is 0.338 e. The summed E-state index contributed by atoms with van der Waals surface area (Å²) in [4.78, 5) is 11.6. The van der Waals surface area contributed by atoms with Crippen LogP contribution in [-0.4, -0.2) is 32.3 Å². The summed E-state index contributed by atoms with van der Waals surface area (Å²) < 4.78 is 10.3. The first kappa shape index (κ1) is 12.9. The van der Waals surface area contributed by atoms with Crippen LogP contribution < -0.4 is 5.32 Å². The van der Waals surface area contributed by atoms with Gasteiger partial charge in [-0.1, -0.05) is 6.07 Å². The van der Waals surface area contributed by atoms with Crippen molar-refractivity contribution in [2.45, 2.75) is 13.3 Å². The number of hydrogen-bond donors (Lipinski definition) is 1. The summed E-state index contributed by atoms with van der Waals surface area (Å²) in [7, 11) is 0. The number of anilines is 1. The van der Waals surface area contributed by atoms with Gasteiger partial charge in [-0.05, 0) is 31.5 Å². The van der Waals surface area contributed by atoms with Crippen LogP contribution in [-0.2, 0) is 9.47 Å². The molecule has 1 heterocycles. The fourth-order valence-corrected chi connectivity index (χ4v) is 1.98. The third kappa shape index (κ3) is 3.47. The minimum atomic E-state index is -0.273. The monoisotopic (exact) mass is 249 g/mol. The number of carbonyl (C=O) groups excluding carboxylic acids is 1. The molecule has 0 aliphatic carbocycles. The minimum absolute atomic E-state index is 0.273. The highest BCUT2D eigenvalue weighted by molar-refractivity contribution is 5.90. The van der Waals surface area contributed by atoms with Gasteiger partial charge < -0.3 is 14.8 Å². The zero-order valence-corrected chi connectivity index (χ0v) is 10.6. The molecule has 1 aliphatic heterocycles. The summed E-state index contributed by atoms with van der Waals surface area (Å²) in [5.74, 6) is 0.293. The fourth-order valence-electron chi connectivity index (χ4n) is 1.98. The Balaban J connectivity index is 1.91. The van der Waals surface area contributed by atoms with Gasteiger partial charge in [-0.3, -0.25) is 0 Å². The van der Waals surface area contributed by atoms with E-state index in [1.54, 1.807) is 13.0 Å². The molecular weight excluding hydrogens is 230 g/mol. The first-order chi connectivity index (χ1) is 8.79. The third-order valence-electron chi connectivity index (χ3n) is 2.99. The predicted molar refractivity (Wildman–Crippen MR) is 69.8 cm³/mol. The number of benzene rings is 1. The lowest BCUT2D eigenvalue weighted by Crippen LogP contribution is -2.14. The van der Waals surface area contributed by atoms with E-state index in [4.69, 9.17) is 9.47 Å². The lowest BCUT2D eigenvalue weighted by atomic mass is 10.1. The van der Waals surface area contributed by atoms with E-state index in [-0.39, 0.29) is 5.97 Å². The van der Waals surface area contributed by atoms with Crippen molar-refractivity contribution >= 4 is 11.7 Å². The second-order valence-corrected chi connectivity index (χ2v) is 4.41. The summed E-state index contributed by atoms with van der Waals surface area (Å²) in [6.07, 6.45) is 1.10. The van der Waals surface area contributed by atoms with Crippen molar-refractivity contribution in [2.75, 3.05) is 31.7 Å². The summed E-state index contributed by atoms with van der Waals surface area (Å²) in [5.41, 5.74) is 1.54. The first-order valence-electron chi connectivity index (χ1n) is 6.38. The molecule has 1 aromatic carbocycles. The first-order valence-corrected chi connectivity index (χ1v) is 6.38. The van der Waals surface area contributed by atoms with Crippen LogP contribution in [0.3, 0.4) is 0 Å². The summed E-state index contributed by atoms with van der Waals surface area (Å²) >= 11 is 0. The zero-order chi connectivity index (χ0) is 12.8. The van der Waals surface area contributed by atoms with Crippen molar-refractivity contribution in [3.63, 3.8) is 0 Å². The van der Waals surface area contributed by atoms with Gasteiger partial charge >= 0.3 is 5.97 Å². The predicted octanol–water partition coefficient (Wildman–Crippen LogP) is 2.31. The lowest BCUT2D eigenvalue weighted by Gasteiger charge is -2.11. The molecule has 1 unspecified atom stereocenters. The highest BCUT2D eigenvalue weighted by Crippen LogP contribution is 2.16. The maximum absolute atomic E-state index is 11.6. The van der Waals surface area contributed by atoms with Crippen LogP contribution in [0.4, 0.5) is 5.69 Å². The number of ether oxygens (including phenoxy) is 2. The van der Waals surface area contributed by atoms with Crippen molar-refractivity contribution < 1.29 is 14.3 Å². The molecule has 0 amide bonds. The second kappa shape index (κ2) is 6.40. The van der Waals surface area contributed by atoms with E-state index in [1.165, 1.54) is 0 Å². The van der Waals surface area contributed by atoms with E-state index >= 15 is 0 Å². The summed E-state index contributed by atoms with van der Waals surface area (Å²) in [6.45, 7) is 4.77. The quantitative estimate of drug-likeness (QED) is 0.813. The molecule has 0 radical (unpaired) electrons. The van der Waals surface area contributed by atoms with Gasteiger partial charge in [0.25, 0.3) is 0 Å². The van der Waals surface area contributed by atoms with Crippen molar-refractivity contribution in [2.24, 2.45) is 5.92 Å². The molecule has 0 bridgehead atoms. The van der Waals surface area contributed by atoms with Gasteiger partial charge in [0.05, 0.1) is 18.8 Å². The molecule has 1 N–H and O–H groups in total. The van der Waals surface area contributed by atoms with Crippen molar-refractivity contribution in [3.8, 4) is 0 Å². The molecule has 0 spiro atoms. The maximum atomic E-state index is 11.6. The second-order valence-electron chi connectivity index (χ2n) is 4.41. The topological polar surface area (TPSA) is 47.6 Å². The Morgan fingerprint density at radius 1 is 1.56 bits per heavy atom. The summed E-state index contributed by atoms with van der Waals surface area (Å²) in [6, 6.07) is 7.41. The van der Waals surface area contributed by atoms with Crippen LogP contribution in [0.1, 0.15) is 23.7 Å². The van der Waals surface area contributed by atoms with Crippen LogP contribution in [0.15, 0.2) is 24.3 Å². The Morgan fingerprint density at radius 2 is 2.44 bits per heavy atom. The van der Waals surface area contributed by atoms with Gasteiger partial charge in [0, 0.05) is 24.8 Å². The largest absolute Gasteiger partial charge is 0.462 e. The SMILES string of the molecule is CCOC(=O)c1cccc(NCC2CCOC2)c1. The highest BCUT2D eigenvalue weighted by Gasteiger charge is 2.15. The molecule has 1 fully saturated rings. The van der Waals surface area contributed by atoms with Gasteiger partial charge in [0.1, 0.15) is 0 Å². The Morgan fingerprint density at radius 3 is 3.17 bits per heavy atom. The average molecular weight is 249 g/mol. The van der Waals surface area contributed by atoms with Gasteiger partial charge in [-0.25, -0.2) is 4.79 Å². The van der Waals surface area contributed by atoms with E-state index < -0.39 is 0 Å². The Bertz CT molecular complexity index is 400. The molecule has 1 aliphatic rings. The standard InChI is InChI=1S/C14H19NO3/c1-2-18-14(16)12-4-3-5-13(8-12)15-9-11-6-7-17-10-11/h3-5,8,11,15H,2,6-7,9-10H2,1H3. The normalized spacial score (nSPS) is 18.6. The zero-order valence-electron chi connectivity index (χ0n) is 10.6. The van der Waals surface area contributed by atoms with Gasteiger partial charge in [-0.2, -0.15) is 0 Å². The van der Waals surface area contributed by atoms with Crippen molar-refractivity contribution in [3.05, 3.63) is 29.8 Å². The van der Waals surface area contributed by atoms with Crippen molar-refractivity contribution in [1.29, 1.82) is 0 Å². The minimum Gasteiger partial charge on any atom is -0.462 e. The number of esters is 1. The Kier molecular flexibility index (Phi) is 4.59. The van der Waals surface area contributed by atoms with Gasteiger partial charge in [-0.15, -0.1) is 0 Å². The molecule has 4 heteroatoms. The fraction of sp³-hybridized carbons (Fsp3) is 0.500. The van der Waals surface area contributed by atoms with E-state index in [0.717, 1.165) is 31.9 Å². The molecule has 98 valence electrons. The lowest BCUT2D eigenvalue weighted by molar-refractivity contribution is 0.0526. The van der Waals surface area contributed by atoms with Crippen LogP contribution in [0.2, 0.25) is 0 Å². The molecular formula is C14H19NO3. The van der Waals surface area contributed by atoms with E-state index in [0.29, 0.717) is 18.1 Å². The molecule has 0 aromatic heterocycles. The smallest absolute Gasteiger partial charge is 0.338 e. The van der Waals surface area contributed by atoms with Crippen LogP contribution in [0.25, 0.3) is 0 Å². The Labute approximate surface area is 107 Å². The molecule has 1 atom stereocenters. The molecule has 18 heavy (non-hydrogen) atoms. The van der Waals surface area contributed by atoms with Crippen molar-refractivity contribution in [1.82, 2.24) is 0 Å². The number of nitrogens with one attached hydrogen (secondary N) is 1. The van der Waals surface area contributed by atoms with Crippen LogP contribution in [0, 0.1) is 5.92 Å². The van der Waals surface area contributed by atoms with Crippen LogP contribution in [0.5, 0.6) is 0 Å². The summed E-state index contributed by atoms with van der Waals surface area (Å²) in [5, 5.41) is 3.34. The van der Waals surface area contributed by atoms with E-state index in [9.17, 15) is 4.79 Å². The molecule has 1 saturated heterocycles. The average Bonchev–Trinajstić information content (AvgIpc) is 2.90. The Hall–Kier alpha value is -1.55. The van der Waals surface area contributed by atoms with Crippen LogP contribution >= 0.6 is 0 Å². The third-order valence-corrected chi connectivity index (χ3v) is 2.99. The molecule has 1 aromatic rings. The number of carbonyl (C=O) groups is 1. The van der Waals surface area contributed by atoms with Gasteiger partial charge in [0.15, 0.2) is 0 Å². The van der Waals surface area contributed by atoms with E-state index in [1.807, 2.05) is 18.2 Å². The molecule has 2 rings (SSSR count). The molecule has 4 nitrogen and oxygen atoms in total.